The molecule has 8 rings (SSSR count). The molecule has 304 valence electrons. The fraction of sp³-hybridized carbons (Fsp3) is 0.176. The highest BCUT2D eigenvalue weighted by molar-refractivity contribution is 9.10. The molecule has 0 saturated heterocycles. The first kappa shape index (κ1) is 40.4. The SMILES string of the molecule is COc1ccc([C@@H]2c3c(OCc4ccccc4)cc(OCc4ccccc4)c(Br)c3O[C@H](c3ccc(OCc4ccccc4)c(OCc4ccccc4)c3)[C@H]2O)c(OC)c1. The minimum absolute atomic E-state index is 0.269. The predicted molar refractivity (Wildman–Crippen MR) is 234 cm³/mol. The number of benzene rings is 7. The zero-order valence-corrected chi connectivity index (χ0v) is 34.9. The standard InChI is InChI=1S/C51H45BrO8/c1-54-39-24-25-40(42(28-39)55-2)46-47-44(58-32-36-19-11-5-12-20-36)29-45(59-33-37-21-13-6-14-22-37)48(52)51(47)60-50(49(46)53)38-23-26-41(56-30-34-15-7-3-8-16-34)43(27-38)57-31-35-17-9-4-10-18-35/h3-29,46,49-50,53H,30-33H2,1-2H3/t46-,49+,50-/m1/s1. The van der Waals surface area contributed by atoms with Crippen molar-refractivity contribution in [1.82, 2.24) is 0 Å². The summed E-state index contributed by atoms with van der Waals surface area (Å²) >= 11 is 3.89. The van der Waals surface area contributed by atoms with E-state index in [9.17, 15) is 5.11 Å². The van der Waals surface area contributed by atoms with Crippen molar-refractivity contribution in [2.45, 2.75) is 44.6 Å². The molecule has 0 fully saturated rings. The number of rotatable bonds is 16. The fourth-order valence-electron chi connectivity index (χ4n) is 7.33. The second-order valence-corrected chi connectivity index (χ2v) is 15.1. The number of aliphatic hydroxyl groups excluding tert-OH is 1. The van der Waals surface area contributed by atoms with Gasteiger partial charge in [0.15, 0.2) is 17.6 Å². The van der Waals surface area contributed by atoms with Crippen molar-refractivity contribution in [3.63, 3.8) is 0 Å². The van der Waals surface area contributed by atoms with Gasteiger partial charge in [0.05, 0.1) is 20.1 Å². The van der Waals surface area contributed by atoms with Crippen molar-refractivity contribution in [3.8, 4) is 40.2 Å². The summed E-state index contributed by atoms with van der Waals surface area (Å²) in [6, 6.07) is 53.0. The van der Waals surface area contributed by atoms with E-state index in [4.69, 9.17) is 33.2 Å². The van der Waals surface area contributed by atoms with Crippen molar-refractivity contribution < 1.29 is 38.3 Å². The summed E-state index contributed by atoms with van der Waals surface area (Å²) in [6.07, 6.45) is -2.03. The van der Waals surface area contributed by atoms with Gasteiger partial charge >= 0.3 is 0 Å². The lowest BCUT2D eigenvalue weighted by atomic mass is 9.79. The minimum Gasteiger partial charge on any atom is -0.497 e. The smallest absolute Gasteiger partial charge is 0.162 e. The molecule has 60 heavy (non-hydrogen) atoms. The van der Waals surface area contributed by atoms with Crippen molar-refractivity contribution >= 4 is 15.9 Å². The monoisotopic (exact) mass is 864 g/mol. The van der Waals surface area contributed by atoms with Gasteiger partial charge in [0, 0.05) is 23.3 Å². The van der Waals surface area contributed by atoms with Crippen LogP contribution in [0.1, 0.15) is 51.0 Å². The van der Waals surface area contributed by atoms with Crippen LogP contribution in [-0.2, 0) is 26.4 Å². The normalized spacial score (nSPS) is 15.6. The van der Waals surface area contributed by atoms with Crippen LogP contribution in [0.25, 0.3) is 0 Å². The number of methoxy groups -OCH3 is 2. The molecule has 0 amide bonds. The van der Waals surface area contributed by atoms with E-state index in [0.717, 1.165) is 27.8 Å². The van der Waals surface area contributed by atoms with Crippen LogP contribution in [0, 0.1) is 0 Å². The Bertz CT molecular complexity index is 2480. The lowest BCUT2D eigenvalue weighted by Gasteiger charge is -2.39. The topological polar surface area (TPSA) is 84.8 Å². The molecule has 1 aliphatic rings. The van der Waals surface area contributed by atoms with Gasteiger partial charge in [-0.1, -0.05) is 133 Å². The van der Waals surface area contributed by atoms with Crippen LogP contribution in [0.15, 0.2) is 168 Å². The Labute approximate surface area is 359 Å². The molecule has 8 nitrogen and oxygen atoms in total. The Hall–Kier alpha value is -6.42. The van der Waals surface area contributed by atoms with Gasteiger partial charge in [-0.15, -0.1) is 0 Å². The highest BCUT2D eigenvalue weighted by Crippen LogP contribution is 2.56. The summed E-state index contributed by atoms with van der Waals surface area (Å²) in [7, 11) is 3.22. The first-order valence-corrected chi connectivity index (χ1v) is 20.5. The summed E-state index contributed by atoms with van der Waals surface area (Å²) in [5, 5.41) is 12.8. The first-order valence-electron chi connectivity index (χ1n) is 19.7. The number of hydrogen-bond donors (Lipinski definition) is 1. The molecule has 3 atom stereocenters. The van der Waals surface area contributed by atoms with Crippen molar-refractivity contribution in [3.05, 3.63) is 207 Å². The van der Waals surface area contributed by atoms with Crippen LogP contribution < -0.4 is 33.2 Å². The van der Waals surface area contributed by atoms with Crippen LogP contribution in [0.5, 0.6) is 40.2 Å². The molecule has 1 aliphatic heterocycles. The van der Waals surface area contributed by atoms with E-state index >= 15 is 0 Å². The van der Waals surface area contributed by atoms with Crippen LogP contribution in [0.4, 0.5) is 0 Å². The molecule has 0 aliphatic carbocycles. The molecule has 9 heteroatoms. The Kier molecular flexibility index (Phi) is 12.8. The van der Waals surface area contributed by atoms with Crippen LogP contribution in [-0.4, -0.2) is 25.4 Å². The van der Waals surface area contributed by atoms with E-state index in [2.05, 4.69) is 15.9 Å². The highest BCUT2D eigenvalue weighted by Gasteiger charge is 2.44. The summed E-state index contributed by atoms with van der Waals surface area (Å²) in [6.45, 7) is 1.24. The van der Waals surface area contributed by atoms with Crippen molar-refractivity contribution in [2.24, 2.45) is 0 Å². The van der Waals surface area contributed by atoms with Gasteiger partial charge in [0.1, 0.15) is 65.8 Å². The van der Waals surface area contributed by atoms with E-state index in [1.807, 2.05) is 164 Å². The number of hydrogen-bond acceptors (Lipinski definition) is 8. The second-order valence-electron chi connectivity index (χ2n) is 14.3. The molecule has 0 spiro atoms. The third-order valence-corrected chi connectivity index (χ3v) is 11.2. The minimum atomic E-state index is -1.14. The van der Waals surface area contributed by atoms with E-state index < -0.39 is 18.1 Å². The highest BCUT2D eigenvalue weighted by atomic mass is 79.9. The molecule has 0 saturated carbocycles. The van der Waals surface area contributed by atoms with Gasteiger partial charge in [-0.3, -0.25) is 0 Å². The zero-order chi connectivity index (χ0) is 41.3. The average Bonchev–Trinajstić information content (AvgIpc) is 3.30. The first-order chi connectivity index (χ1) is 29.5. The Morgan fingerprint density at radius 2 is 1.00 bits per heavy atom. The van der Waals surface area contributed by atoms with Gasteiger partial charge in [0.2, 0.25) is 0 Å². The van der Waals surface area contributed by atoms with Crippen molar-refractivity contribution in [1.29, 1.82) is 0 Å². The fourth-order valence-corrected chi connectivity index (χ4v) is 7.87. The van der Waals surface area contributed by atoms with Crippen LogP contribution in [0.3, 0.4) is 0 Å². The molecule has 0 unspecified atom stereocenters. The summed E-state index contributed by atoms with van der Waals surface area (Å²) in [5.74, 6) is 3.02. The molecule has 1 N–H and O–H groups in total. The van der Waals surface area contributed by atoms with Crippen LogP contribution >= 0.6 is 15.9 Å². The lowest BCUT2D eigenvalue weighted by molar-refractivity contribution is 0.00585. The third kappa shape index (κ3) is 9.23. The summed E-state index contributed by atoms with van der Waals surface area (Å²) in [5.41, 5.74) is 6.04. The molecule has 0 aromatic heterocycles. The Morgan fingerprint density at radius 3 is 1.52 bits per heavy atom. The van der Waals surface area contributed by atoms with E-state index in [-0.39, 0.29) is 6.61 Å². The maximum absolute atomic E-state index is 12.8. The molecule has 0 bridgehead atoms. The average molecular weight is 866 g/mol. The molecule has 7 aromatic carbocycles. The molecular weight excluding hydrogens is 820 g/mol. The van der Waals surface area contributed by atoms with Gasteiger partial charge in [-0.25, -0.2) is 0 Å². The second kappa shape index (κ2) is 19.1. The summed E-state index contributed by atoms with van der Waals surface area (Å²) < 4.78 is 45.1. The van der Waals surface area contributed by atoms with E-state index in [1.165, 1.54) is 0 Å². The number of ether oxygens (including phenoxy) is 7. The van der Waals surface area contributed by atoms with Crippen LogP contribution in [0.2, 0.25) is 0 Å². The molecule has 7 aromatic rings. The van der Waals surface area contributed by atoms with Gasteiger partial charge < -0.3 is 38.3 Å². The maximum Gasteiger partial charge on any atom is 0.162 e. The largest absolute Gasteiger partial charge is 0.497 e. The van der Waals surface area contributed by atoms with Crippen molar-refractivity contribution in [2.75, 3.05) is 14.2 Å². The number of halogens is 1. The number of aliphatic hydroxyl groups is 1. The van der Waals surface area contributed by atoms with Gasteiger partial charge in [-0.05, 0) is 61.9 Å². The van der Waals surface area contributed by atoms with E-state index in [1.54, 1.807) is 14.2 Å². The number of fused-ring (bicyclic) bond motifs is 1. The van der Waals surface area contributed by atoms with E-state index in [0.29, 0.717) is 75.7 Å². The Morgan fingerprint density at radius 1 is 0.500 bits per heavy atom. The predicted octanol–water partition coefficient (Wildman–Crippen LogP) is 11.4. The zero-order valence-electron chi connectivity index (χ0n) is 33.3. The lowest BCUT2D eigenvalue weighted by Crippen LogP contribution is -2.36. The molecule has 1 heterocycles. The van der Waals surface area contributed by atoms with Gasteiger partial charge in [0.25, 0.3) is 0 Å². The Balaban J connectivity index is 1.24. The summed E-state index contributed by atoms with van der Waals surface area (Å²) in [4.78, 5) is 0. The molecule has 0 radical (unpaired) electrons. The quantitative estimate of drug-likeness (QED) is 0.103. The van der Waals surface area contributed by atoms with Gasteiger partial charge in [-0.2, -0.15) is 0 Å². The third-order valence-electron chi connectivity index (χ3n) is 10.4. The maximum atomic E-state index is 12.8. The molecular formula is C51H45BrO8.